The summed E-state index contributed by atoms with van der Waals surface area (Å²) in [6.45, 7) is 1.97. The minimum Gasteiger partial charge on any atom is -0.463 e. The van der Waals surface area contributed by atoms with Crippen LogP contribution < -0.4 is 9.92 Å². The van der Waals surface area contributed by atoms with Gasteiger partial charge in [0.05, 0.1) is 29.7 Å². The number of pyridine rings is 1. The molecule has 0 aliphatic heterocycles. The van der Waals surface area contributed by atoms with Gasteiger partial charge >= 0.3 is 10.1 Å². The first kappa shape index (κ1) is 18.8. The molecule has 0 spiro atoms. The number of nitrogens with two attached hydrogens (primary N) is 1. The Balaban J connectivity index is 1.88. The maximum atomic E-state index is 11.4. The smallest absolute Gasteiger partial charge is 0.306 e. The van der Waals surface area contributed by atoms with Crippen LogP contribution in [-0.2, 0) is 10.1 Å². The van der Waals surface area contributed by atoms with E-state index in [0.717, 1.165) is 22.9 Å². The van der Waals surface area contributed by atoms with E-state index in [1.165, 1.54) is 23.5 Å². The summed E-state index contributed by atoms with van der Waals surface area (Å²) >= 11 is 2.59. The Labute approximate surface area is 159 Å². The molecule has 3 aromatic heterocycles. The van der Waals surface area contributed by atoms with Gasteiger partial charge in [-0.25, -0.2) is 9.97 Å². The Morgan fingerprint density at radius 3 is 2.81 bits per heavy atom. The molecule has 2 N–H and O–H groups in total. The fourth-order valence-electron chi connectivity index (χ4n) is 2.17. The van der Waals surface area contributed by atoms with E-state index in [9.17, 15) is 8.42 Å². The van der Waals surface area contributed by atoms with Gasteiger partial charge in [0.25, 0.3) is 0 Å². The molecule has 11 heteroatoms. The molecule has 0 aromatic carbocycles. The van der Waals surface area contributed by atoms with Crippen molar-refractivity contribution in [3.8, 4) is 5.75 Å². The molecule has 0 amide bonds. The standard InChI is InChI=1S/C15H16N4O4S3/c1-8(10-6-9-4-5-22-11(9)7-17-10)25-15-18-13(16)12(14(19-15)24-2)23-26(3,20)21/h4-8H,1-3H3,(H2,16,18,19)/t8-/m0/s1. The molecule has 0 unspecified atom stereocenters. The third-order valence-corrected chi connectivity index (χ3v) is 5.45. The van der Waals surface area contributed by atoms with E-state index in [1.807, 2.05) is 19.1 Å². The fraction of sp³-hybridized carbons (Fsp3) is 0.267. The molecule has 0 bridgehead atoms. The molecule has 0 radical (unpaired) electrons. The monoisotopic (exact) mass is 412 g/mol. The van der Waals surface area contributed by atoms with Crippen LogP contribution in [0.4, 0.5) is 5.82 Å². The lowest BCUT2D eigenvalue weighted by atomic mass is 10.2. The maximum Gasteiger partial charge on any atom is 0.306 e. The molecule has 0 saturated carbocycles. The lowest BCUT2D eigenvalue weighted by Crippen LogP contribution is -2.11. The largest absolute Gasteiger partial charge is 0.463 e. The average molecular weight is 413 g/mol. The average Bonchev–Trinajstić information content (AvgIpc) is 3.03. The van der Waals surface area contributed by atoms with E-state index in [-0.39, 0.29) is 16.8 Å². The van der Waals surface area contributed by atoms with Gasteiger partial charge in [-0.15, -0.1) is 11.8 Å². The minimum atomic E-state index is -3.73. The van der Waals surface area contributed by atoms with E-state index < -0.39 is 10.1 Å². The van der Waals surface area contributed by atoms with E-state index in [2.05, 4.69) is 15.0 Å². The van der Waals surface area contributed by atoms with Gasteiger partial charge in [-0.3, -0.25) is 4.98 Å². The van der Waals surface area contributed by atoms with Crippen molar-refractivity contribution in [2.45, 2.75) is 22.4 Å². The lowest BCUT2D eigenvalue weighted by Gasteiger charge is -2.13. The van der Waals surface area contributed by atoms with Crippen LogP contribution >= 0.6 is 23.5 Å². The number of hydrogen-bond donors (Lipinski definition) is 1. The summed E-state index contributed by atoms with van der Waals surface area (Å²) in [5.74, 6) is -0.0716. The third kappa shape index (κ3) is 4.22. The van der Waals surface area contributed by atoms with Gasteiger partial charge in [-0.2, -0.15) is 8.42 Å². The van der Waals surface area contributed by atoms with Crippen LogP contribution in [0.15, 0.2) is 39.2 Å². The molecule has 0 aliphatic carbocycles. The number of nitrogen functional groups attached to an aromatic ring is 1. The first-order valence-electron chi connectivity index (χ1n) is 7.37. The van der Waals surface area contributed by atoms with Crippen molar-refractivity contribution >= 4 is 50.4 Å². The number of fused-ring (bicyclic) bond motifs is 1. The number of aromatic nitrogens is 3. The summed E-state index contributed by atoms with van der Waals surface area (Å²) in [5, 5.41) is 1.68. The molecule has 8 nitrogen and oxygen atoms in total. The highest BCUT2D eigenvalue weighted by Gasteiger charge is 2.20. The summed E-state index contributed by atoms with van der Waals surface area (Å²) in [5.41, 5.74) is 7.45. The van der Waals surface area contributed by atoms with Crippen LogP contribution in [-0.4, -0.2) is 35.9 Å². The third-order valence-electron chi connectivity index (χ3n) is 3.33. The SMILES string of the molecule is CSc1nc(S[C@@H](C)c2cc3ccoc3cn2)nc(N)c1OS(C)(=O)=O. The molecule has 3 rings (SSSR count). The minimum absolute atomic E-state index is 0.0253. The zero-order valence-electron chi connectivity index (χ0n) is 14.2. The van der Waals surface area contributed by atoms with Crippen molar-refractivity contribution < 1.29 is 17.0 Å². The predicted octanol–water partition coefficient (Wildman–Crippen LogP) is 3.11. The van der Waals surface area contributed by atoms with Gasteiger partial charge < -0.3 is 14.3 Å². The second kappa shape index (κ2) is 7.33. The molecule has 3 aromatic rings. The van der Waals surface area contributed by atoms with Crippen molar-refractivity contribution in [2.24, 2.45) is 0 Å². The number of furan rings is 1. The lowest BCUT2D eigenvalue weighted by molar-refractivity contribution is 0.482. The van der Waals surface area contributed by atoms with Gasteiger partial charge in [-0.1, -0.05) is 11.8 Å². The Bertz CT molecular complexity index is 1050. The fourth-order valence-corrected chi connectivity index (χ4v) is 4.12. The first-order chi connectivity index (χ1) is 12.3. The van der Waals surface area contributed by atoms with Gasteiger partial charge in [0.1, 0.15) is 5.03 Å². The molecule has 138 valence electrons. The van der Waals surface area contributed by atoms with Gasteiger partial charge in [0, 0.05) is 5.39 Å². The zero-order valence-corrected chi connectivity index (χ0v) is 16.6. The number of nitrogens with zero attached hydrogens (tertiary/aromatic N) is 3. The van der Waals surface area contributed by atoms with Gasteiger partial charge in [0.2, 0.25) is 5.75 Å². The highest BCUT2D eigenvalue weighted by atomic mass is 32.2. The number of rotatable bonds is 6. The summed E-state index contributed by atoms with van der Waals surface area (Å²) in [6, 6.07) is 3.81. The number of thioether (sulfide) groups is 2. The molecule has 0 saturated heterocycles. The topological polar surface area (TPSA) is 121 Å². The van der Waals surface area contributed by atoms with E-state index >= 15 is 0 Å². The van der Waals surface area contributed by atoms with Crippen molar-refractivity contribution in [2.75, 3.05) is 18.2 Å². The molecule has 3 heterocycles. The summed E-state index contributed by atoms with van der Waals surface area (Å²) in [7, 11) is -3.73. The van der Waals surface area contributed by atoms with E-state index in [4.69, 9.17) is 14.3 Å². The summed E-state index contributed by atoms with van der Waals surface area (Å²) in [4.78, 5) is 12.9. The van der Waals surface area contributed by atoms with Crippen LogP contribution in [0.1, 0.15) is 17.9 Å². The van der Waals surface area contributed by atoms with E-state index in [0.29, 0.717) is 10.2 Å². The van der Waals surface area contributed by atoms with Crippen LogP contribution in [0.25, 0.3) is 11.0 Å². The Kier molecular flexibility index (Phi) is 5.30. The number of anilines is 1. The summed E-state index contributed by atoms with van der Waals surface area (Å²) in [6.07, 6.45) is 5.98. The van der Waals surface area contributed by atoms with Crippen molar-refractivity contribution in [1.82, 2.24) is 15.0 Å². The second-order valence-electron chi connectivity index (χ2n) is 5.34. The van der Waals surface area contributed by atoms with Crippen LogP contribution in [0, 0.1) is 0 Å². The van der Waals surface area contributed by atoms with Crippen LogP contribution in [0.2, 0.25) is 0 Å². The Morgan fingerprint density at radius 1 is 1.35 bits per heavy atom. The highest BCUT2D eigenvalue weighted by Crippen LogP contribution is 2.38. The van der Waals surface area contributed by atoms with Crippen LogP contribution in [0.5, 0.6) is 5.75 Å². The Morgan fingerprint density at radius 2 is 2.12 bits per heavy atom. The van der Waals surface area contributed by atoms with Crippen LogP contribution in [0.3, 0.4) is 0 Å². The second-order valence-corrected chi connectivity index (χ2v) is 9.02. The molecule has 0 fully saturated rings. The van der Waals surface area contributed by atoms with Crippen molar-refractivity contribution in [3.63, 3.8) is 0 Å². The van der Waals surface area contributed by atoms with E-state index in [1.54, 1.807) is 18.7 Å². The zero-order chi connectivity index (χ0) is 18.9. The first-order valence-corrected chi connectivity index (χ1v) is 11.3. The molecular weight excluding hydrogens is 396 g/mol. The molecule has 26 heavy (non-hydrogen) atoms. The highest BCUT2D eigenvalue weighted by molar-refractivity contribution is 7.99. The maximum absolute atomic E-state index is 11.4. The predicted molar refractivity (Wildman–Crippen MR) is 102 cm³/mol. The Hall–Kier alpha value is -1.98. The molecule has 1 atom stereocenters. The normalized spacial score (nSPS) is 13.0. The van der Waals surface area contributed by atoms with Crippen molar-refractivity contribution in [3.05, 3.63) is 30.3 Å². The molecular formula is C15H16N4O4S3. The number of hydrogen-bond acceptors (Lipinski definition) is 10. The van der Waals surface area contributed by atoms with Gasteiger partial charge in [0.15, 0.2) is 16.6 Å². The van der Waals surface area contributed by atoms with Gasteiger partial charge in [-0.05, 0) is 25.3 Å². The quantitative estimate of drug-likeness (QED) is 0.280. The van der Waals surface area contributed by atoms with Crippen molar-refractivity contribution in [1.29, 1.82) is 0 Å². The summed E-state index contributed by atoms with van der Waals surface area (Å²) < 4.78 is 33.0. The molecule has 0 aliphatic rings.